The normalized spacial score (nSPS) is 18.6. The van der Waals surface area contributed by atoms with Crippen LogP contribution in [-0.4, -0.2) is 67.6 Å². The SMILES string of the molecule is CC(C)(C)OC(=O)N1CCN(C2CCOc3cc(Cl)cc(-c4ccnc5cc(CO[Si](C)(C)C(C)(C)C)sc45)c32)CC1. The Morgan fingerprint density at radius 1 is 1.10 bits per heavy atom. The largest absolute Gasteiger partial charge is 0.493 e. The number of carbonyl (C=O) groups excluding carboxylic acids is 1. The van der Waals surface area contributed by atoms with Crippen LogP contribution in [0.4, 0.5) is 4.79 Å². The molecule has 0 N–H and O–H groups in total. The quantitative estimate of drug-likeness (QED) is 0.264. The number of ether oxygens (including phenoxy) is 2. The van der Waals surface area contributed by atoms with Gasteiger partial charge in [0, 0.05) is 65.9 Å². The average molecular weight is 630 g/mol. The number of hydrogen-bond acceptors (Lipinski definition) is 7. The number of halogens is 1. The highest BCUT2D eigenvalue weighted by molar-refractivity contribution is 7.19. The summed E-state index contributed by atoms with van der Waals surface area (Å²) in [5.74, 6) is 0.839. The van der Waals surface area contributed by atoms with Gasteiger partial charge in [-0.05, 0) is 68.7 Å². The Morgan fingerprint density at radius 3 is 2.48 bits per heavy atom. The summed E-state index contributed by atoms with van der Waals surface area (Å²) in [6.07, 6.45) is 2.51. The molecular formula is C32H44ClN3O4SSi. The zero-order valence-electron chi connectivity index (χ0n) is 26.2. The van der Waals surface area contributed by atoms with Crippen molar-refractivity contribution in [1.82, 2.24) is 14.8 Å². The van der Waals surface area contributed by atoms with Crippen molar-refractivity contribution in [3.63, 3.8) is 0 Å². The maximum absolute atomic E-state index is 12.7. The van der Waals surface area contributed by atoms with E-state index in [4.69, 9.17) is 30.5 Å². The van der Waals surface area contributed by atoms with Gasteiger partial charge in [0.2, 0.25) is 0 Å². The summed E-state index contributed by atoms with van der Waals surface area (Å²) in [6, 6.07) is 8.42. The highest BCUT2D eigenvalue weighted by atomic mass is 35.5. The van der Waals surface area contributed by atoms with E-state index in [1.165, 1.54) is 4.88 Å². The number of thiophene rings is 1. The van der Waals surface area contributed by atoms with Crippen LogP contribution < -0.4 is 4.74 Å². The number of piperazine rings is 1. The van der Waals surface area contributed by atoms with E-state index in [9.17, 15) is 4.79 Å². The molecule has 2 aliphatic rings. The van der Waals surface area contributed by atoms with Gasteiger partial charge in [0.15, 0.2) is 8.32 Å². The van der Waals surface area contributed by atoms with Gasteiger partial charge in [-0.25, -0.2) is 4.79 Å². The fourth-order valence-electron chi connectivity index (χ4n) is 5.35. The van der Waals surface area contributed by atoms with Crippen molar-refractivity contribution in [3.8, 4) is 16.9 Å². The van der Waals surface area contributed by atoms with Crippen LogP contribution in [0.5, 0.6) is 5.75 Å². The molecule has 42 heavy (non-hydrogen) atoms. The molecule has 1 amide bonds. The smallest absolute Gasteiger partial charge is 0.410 e. The molecule has 2 aliphatic heterocycles. The number of amides is 1. The molecule has 0 radical (unpaired) electrons. The van der Waals surface area contributed by atoms with Crippen LogP contribution >= 0.6 is 22.9 Å². The van der Waals surface area contributed by atoms with E-state index in [-0.39, 0.29) is 17.2 Å². The first-order chi connectivity index (χ1) is 19.6. The van der Waals surface area contributed by atoms with Crippen molar-refractivity contribution in [2.45, 2.75) is 84.3 Å². The van der Waals surface area contributed by atoms with Gasteiger partial charge < -0.3 is 18.8 Å². The van der Waals surface area contributed by atoms with Gasteiger partial charge >= 0.3 is 6.09 Å². The standard InChI is InChI=1S/C32H44ClN3O4SSi/c1-31(2,3)40-30(37)36-14-12-35(13-15-36)26-10-16-38-27-18-21(33)17-24(28(26)27)23-9-11-34-25-19-22(41-29(23)25)20-39-42(7,8)32(4,5)6/h9,11,17-19,26H,10,12-16,20H2,1-8H3. The molecule has 228 valence electrons. The second-order valence-electron chi connectivity index (χ2n) is 13.9. The Labute approximate surface area is 260 Å². The van der Waals surface area contributed by atoms with Crippen molar-refractivity contribution in [1.29, 1.82) is 0 Å². The van der Waals surface area contributed by atoms with Gasteiger partial charge in [-0.3, -0.25) is 9.88 Å². The van der Waals surface area contributed by atoms with Crippen molar-refractivity contribution in [2.75, 3.05) is 32.8 Å². The zero-order valence-corrected chi connectivity index (χ0v) is 28.7. The van der Waals surface area contributed by atoms with Crippen LogP contribution in [0.3, 0.4) is 0 Å². The molecule has 0 saturated carbocycles. The number of rotatable bonds is 5. The molecule has 0 bridgehead atoms. The molecule has 7 nitrogen and oxygen atoms in total. The molecule has 4 heterocycles. The monoisotopic (exact) mass is 629 g/mol. The summed E-state index contributed by atoms with van der Waals surface area (Å²) in [7, 11) is -1.88. The number of nitrogens with zero attached hydrogens (tertiary/aromatic N) is 3. The number of aromatic nitrogens is 1. The van der Waals surface area contributed by atoms with E-state index in [1.807, 2.05) is 37.9 Å². The zero-order chi connectivity index (χ0) is 30.4. The Bertz CT molecular complexity index is 1450. The lowest BCUT2D eigenvalue weighted by molar-refractivity contribution is 0.00782. The summed E-state index contributed by atoms with van der Waals surface area (Å²) in [6.45, 7) is 21.1. The van der Waals surface area contributed by atoms with Gasteiger partial charge in [0.05, 0.1) is 23.4 Å². The second kappa shape index (κ2) is 11.7. The van der Waals surface area contributed by atoms with Crippen LogP contribution in [0.15, 0.2) is 30.5 Å². The number of hydrogen-bond donors (Lipinski definition) is 0. The van der Waals surface area contributed by atoms with E-state index in [1.54, 1.807) is 11.3 Å². The molecule has 1 unspecified atom stereocenters. The van der Waals surface area contributed by atoms with Gasteiger partial charge in [0.1, 0.15) is 11.4 Å². The molecule has 0 aliphatic carbocycles. The van der Waals surface area contributed by atoms with Gasteiger partial charge in [-0.1, -0.05) is 32.4 Å². The summed E-state index contributed by atoms with van der Waals surface area (Å²) in [5, 5.41) is 0.808. The lowest BCUT2D eigenvalue weighted by Crippen LogP contribution is -2.51. The summed E-state index contributed by atoms with van der Waals surface area (Å²) < 4.78 is 19.5. The Hall–Kier alpha value is -2.17. The first kappa shape index (κ1) is 31.3. The molecule has 3 aromatic rings. The molecule has 2 aromatic heterocycles. The predicted molar refractivity (Wildman–Crippen MR) is 174 cm³/mol. The van der Waals surface area contributed by atoms with E-state index >= 15 is 0 Å². The van der Waals surface area contributed by atoms with Crippen molar-refractivity contribution >= 4 is 47.6 Å². The maximum atomic E-state index is 12.7. The molecule has 1 saturated heterocycles. The summed E-state index contributed by atoms with van der Waals surface area (Å²) >= 11 is 8.44. The number of pyridine rings is 1. The van der Waals surface area contributed by atoms with Crippen LogP contribution in [0, 0.1) is 0 Å². The predicted octanol–water partition coefficient (Wildman–Crippen LogP) is 8.51. The number of carbonyl (C=O) groups is 1. The van der Waals surface area contributed by atoms with Gasteiger partial charge in [-0.15, -0.1) is 11.3 Å². The third-order valence-electron chi connectivity index (χ3n) is 8.63. The van der Waals surface area contributed by atoms with E-state index in [2.05, 4.69) is 57.0 Å². The molecule has 0 spiro atoms. The summed E-state index contributed by atoms with van der Waals surface area (Å²) in [4.78, 5) is 22.9. The van der Waals surface area contributed by atoms with Crippen molar-refractivity contribution in [3.05, 3.63) is 45.9 Å². The topological polar surface area (TPSA) is 64.1 Å². The van der Waals surface area contributed by atoms with Crippen LogP contribution in [0.1, 0.15) is 64.4 Å². The highest BCUT2D eigenvalue weighted by Gasteiger charge is 2.38. The van der Waals surface area contributed by atoms with Crippen molar-refractivity contribution in [2.24, 2.45) is 0 Å². The average Bonchev–Trinajstić information content (AvgIpc) is 3.33. The van der Waals surface area contributed by atoms with E-state index in [0.717, 1.165) is 52.2 Å². The molecule has 5 rings (SSSR count). The molecular weight excluding hydrogens is 586 g/mol. The molecule has 1 atom stereocenters. The number of fused-ring (bicyclic) bond motifs is 2. The lowest BCUT2D eigenvalue weighted by Gasteiger charge is -2.42. The first-order valence-electron chi connectivity index (χ1n) is 14.8. The minimum atomic E-state index is -1.88. The van der Waals surface area contributed by atoms with Crippen LogP contribution in [0.2, 0.25) is 23.2 Å². The van der Waals surface area contributed by atoms with E-state index in [0.29, 0.717) is 31.3 Å². The third-order valence-corrected chi connectivity index (χ3v) is 14.5. The minimum Gasteiger partial charge on any atom is -0.493 e. The van der Waals surface area contributed by atoms with E-state index < -0.39 is 13.9 Å². The highest BCUT2D eigenvalue weighted by Crippen LogP contribution is 2.47. The van der Waals surface area contributed by atoms with Gasteiger partial charge in [0.25, 0.3) is 0 Å². The Balaban J connectivity index is 1.44. The molecule has 1 aromatic carbocycles. The Morgan fingerprint density at radius 2 is 1.81 bits per heavy atom. The van der Waals surface area contributed by atoms with Crippen LogP contribution in [0.25, 0.3) is 21.3 Å². The molecule has 1 fully saturated rings. The van der Waals surface area contributed by atoms with Crippen molar-refractivity contribution < 1.29 is 18.7 Å². The Kier molecular flexibility index (Phi) is 8.73. The maximum Gasteiger partial charge on any atom is 0.410 e. The minimum absolute atomic E-state index is 0.153. The number of benzene rings is 1. The third kappa shape index (κ3) is 6.65. The summed E-state index contributed by atoms with van der Waals surface area (Å²) in [5.41, 5.74) is 3.83. The fourth-order valence-corrected chi connectivity index (χ4v) is 7.67. The second-order valence-corrected chi connectivity index (χ2v) is 20.2. The molecule has 10 heteroatoms. The first-order valence-corrected chi connectivity index (χ1v) is 18.9. The van der Waals surface area contributed by atoms with Gasteiger partial charge in [-0.2, -0.15) is 0 Å². The van der Waals surface area contributed by atoms with Crippen LogP contribution in [-0.2, 0) is 15.8 Å². The fraction of sp³-hybridized carbons (Fsp3) is 0.562. The lowest BCUT2D eigenvalue weighted by atomic mass is 9.90.